The number of hydrogen-bond acceptors (Lipinski definition) is 5. The molecule has 1 fully saturated rings. The van der Waals surface area contributed by atoms with Crippen molar-refractivity contribution < 1.29 is 14.5 Å². The minimum absolute atomic E-state index is 0.0174. The van der Waals surface area contributed by atoms with E-state index < -0.39 is 0 Å². The van der Waals surface area contributed by atoms with Crippen LogP contribution in [-0.4, -0.2) is 28.3 Å². The molecule has 110 valence electrons. The third-order valence-electron chi connectivity index (χ3n) is 3.40. The van der Waals surface area contributed by atoms with Crippen molar-refractivity contribution in [1.82, 2.24) is 10.2 Å². The van der Waals surface area contributed by atoms with Crippen LogP contribution < -0.4 is 5.32 Å². The molecule has 3 rings (SSSR count). The molecule has 1 aromatic heterocycles. The van der Waals surface area contributed by atoms with E-state index in [2.05, 4.69) is 15.5 Å². The van der Waals surface area contributed by atoms with Crippen LogP contribution in [0.5, 0.6) is 0 Å². The zero-order chi connectivity index (χ0) is 14.7. The number of aromatic nitrogens is 2. The van der Waals surface area contributed by atoms with Gasteiger partial charge in [0, 0.05) is 23.4 Å². The van der Waals surface area contributed by atoms with Crippen molar-refractivity contribution in [3.63, 3.8) is 0 Å². The fourth-order valence-corrected chi connectivity index (χ4v) is 3.06. The molecular weight excluding hydrogens is 310 g/mol. The van der Waals surface area contributed by atoms with Gasteiger partial charge in [-0.1, -0.05) is 23.4 Å². The van der Waals surface area contributed by atoms with Gasteiger partial charge >= 0.3 is 0 Å². The second kappa shape index (κ2) is 6.60. The standard InChI is InChI=1S/C14H14ClN3O2S/c15-10-5-3-9(4-6-10)12(19)8-21-14-18-17-13(20-14)11-2-1-7-16-11/h3-6,11,16H,1-2,7-8H2/p+1/t11-/m1/s1. The van der Waals surface area contributed by atoms with Crippen molar-refractivity contribution in [3.8, 4) is 0 Å². The number of carbonyl (C=O) groups excluding carboxylic acids is 1. The minimum atomic E-state index is 0.0174. The quantitative estimate of drug-likeness (QED) is 0.673. The number of benzene rings is 1. The van der Waals surface area contributed by atoms with Crippen LogP contribution in [0.2, 0.25) is 5.02 Å². The van der Waals surface area contributed by atoms with Gasteiger partial charge in [0.05, 0.1) is 12.3 Å². The van der Waals surface area contributed by atoms with Crippen LogP contribution in [0.3, 0.4) is 0 Å². The van der Waals surface area contributed by atoms with E-state index >= 15 is 0 Å². The number of thioether (sulfide) groups is 1. The van der Waals surface area contributed by atoms with Gasteiger partial charge in [-0.2, -0.15) is 0 Å². The van der Waals surface area contributed by atoms with Gasteiger partial charge < -0.3 is 9.73 Å². The van der Waals surface area contributed by atoms with Gasteiger partial charge in [0.1, 0.15) is 0 Å². The van der Waals surface area contributed by atoms with Crippen LogP contribution in [0.25, 0.3) is 0 Å². The van der Waals surface area contributed by atoms with E-state index in [1.54, 1.807) is 24.3 Å². The smallest absolute Gasteiger partial charge is 0.277 e. The first kappa shape index (κ1) is 14.6. The number of nitrogens with zero attached hydrogens (tertiary/aromatic N) is 2. The number of carbonyl (C=O) groups is 1. The topological polar surface area (TPSA) is 72.6 Å². The van der Waals surface area contributed by atoms with E-state index in [-0.39, 0.29) is 17.6 Å². The lowest BCUT2D eigenvalue weighted by Crippen LogP contribution is -2.81. The lowest BCUT2D eigenvalue weighted by atomic mass is 10.1. The highest BCUT2D eigenvalue weighted by Gasteiger charge is 2.26. The van der Waals surface area contributed by atoms with E-state index in [9.17, 15) is 4.79 Å². The Morgan fingerprint density at radius 3 is 2.90 bits per heavy atom. The summed E-state index contributed by atoms with van der Waals surface area (Å²) in [6.45, 7) is 1.10. The van der Waals surface area contributed by atoms with E-state index in [0.717, 1.165) is 13.0 Å². The summed E-state index contributed by atoms with van der Waals surface area (Å²) in [6.07, 6.45) is 2.24. The summed E-state index contributed by atoms with van der Waals surface area (Å²) in [5, 5.41) is 11.3. The van der Waals surface area contributed by atoms with Crippen molar-refractivity contribution in [2.24, 2.45) is 0 Å². The molecular formula is C14H15ClN3O2S+. The normalized spacial score (nSPS) is 18.0. The summed E-state index contributed by atoms with van der Waals surface area (Å²) >= 11 is 7.07. The van der Waals surface area contributed by atoms with Gasteiger partial charge in [-0.15, -0.1) is 10.2 Å². The Balaban J connectivity index is 1.57. The minimum Gasteiger partial charge on any atom is -0.410 e. The Labute approximate surface area is 131 Å². The molecule has 0 amide bonds. The molecule has 1 aliphatic rings. The monoisotopic (exact) mass is 324 g/mol. The molecule has 1 aromatic carbocycles. The molecule has 0 saturated carbocycles. The van der Waals surface area contributed by atoms with Crippen molar-refractivity contribution >= 4 is 29.1 Å². The molecule has 2 N–H and O–H groups in total. The SMILES string of the molecule is O=C(CSc1nnc([C@H]2CCC[NH2+]2)o1)c1ccc(Cl)cc1. The lowest BCUT2D eigenvalue weighted by molar-refractivity contribution is -0.678. The zero-order valence-electron chi connectivity index (χ0n) is 11.3. The number of ketones is 1. The van der Waals surface area contributed by atoms with Crippen LogP contribution in [0.15, 0.2) is 33.9 Å². The highest BCUT2D eigenvalue weighted by atomic mass is 35.5. The summed E-state index contributed by atoms with van der Waals surface area (Å²) in [5.41, 5.74) is 0.635. The predicted molar refractivity (Wildman–Crippen MR) is 79.6 cm³/mol. The molecule has 0 unspecified atom stereocenters. The van der Waals surface area contributed by atoms with E-state index in [1.165, 1.54) is 18.2 Å². The highest BCUT2D eigenvalue weighted by molar-refractivity contribution is 7.99. The Bertz CT molecular complexity index is 623. The van der Waals surface area contributed by atoms with Crippen molar-refractivity contribution in [2.75, 3.05) is 12.3 Å². The molecule has 0 aliphatic carbocycles. The molecule has 21 heavy (non-hydrogen) atoms. The number of nitrogens with two attached hydrogens (primary N) is 1. The number of Topliss-reactive ketones (excluding diaryl/α,β-unsaturated/α-hetero) is 1. The largest absolute Gasteiger partial charge is 0.410 e. The third kappa shape index (κ3) is 3.64. The van der Waals surface area contributed by atoms with Gasteiger partial charge in [-0.05, 0) is 24.3 Å². The average molecular weight is 325 g/mol. The molecule has 1 aliphatic heterocycles. The molecule has 0 radical (unpaired) electrons. The van der Waals surface area contributed by atoms with Gasteiger partial charge in [0.15, 0.2) is 11.8 Å². The summed E-state index contributed by atoms with van der Waals surface area (Å²) in [6, 6.07) is 7.13. The second-order valence-corrected chi connectivity index (χ2v) is 6.26. The molecule has 2 heterocycles. The van der Waals surface area contributed by atoms with Crippen LogP contribution in [-0.2, 0) is 0 Å². The summed E-state index contributed by atoms with van der Waals surface area (Å²) < 4.78 is 5.61. The van der Waals surface area contributed by atoms with Crippen molar-refractivity contribution in [1.29, 1.82) is 0 Å². The Morgan fingerprint density at radius 2 is 2.19 bits per heavy atom. The molecule has 1 saturated heterocycles. The summed E-state index contributed by atoms with van der Waals surface area (Å²) in [4.78, 5) is 12.0. The van der Waals surface area contributed by atoms with Crippen LogP contribution in [0, 0.1) is 0 Å². The maximum absolute atomic E-state index is 12.0. The Hall–Kier alpha value is -1.37. The van der Waals surface area contributed by atoms with Gasteiger partial charge in [-0.3, -0.25) is 4.79 Å². The molecule has 0 spiro atoms. The first-order valence-corrected chi connectivity index (χ1v) is 8.17. The van der Waals surface area contributed by atoms with Crippen LogP contribution in [0.4, 0.5) is 0 Å². The van der Waals surface area contributed by atoms with Crippen LogP contribution >= 0.6 is 23.4 Å². The van der Waals surface area contributed by atoms with Gasteiger partial charge in [-0.25, -0.2) is 0 Å². The fraction of sp³-hybridized carbons (Fsp3) is 0.357. The maximum Gasteiger partial charge on any atom is 0.277 e. The fourth-order valence-electron chi connectivity index (χ4n) is 2.27. The molecule has 7 heteroatoms. The lowest BCUT2D eigenvalue weighted by Gasteiger charge is -2.00. The third-order valence-corrected chi connectivity index (χ3v) is 4.47. The summed E-state index contributed by atoms with van der Waals surface area (Å²) in [5.74, 6) is 0.954. The molecule has 1 atom stereocenters. The zero-order valence-corrected chi connectivity index (χ0v) is 12.9. The molecule has 0 bridgehead atoms. The average Bonchev–Trinajstić information content (AvgIpc) is 3.16. The Morgan fingerprint density at radius 1 is 1.38 bits per heavy atom. The first-order valence-electron chi connectivity index (χ1n) is 6.80. The second-order valence-electron chi connectivity index (χ2n) is 4.90. The van der Waals surface area contributed by atoms with Crippen molar-refractivity contribution in [3.05, 3.63) is 40.7 Å². The highest BCUT2D eigenvalue weighted by Crippen LogP contribution is 2.22. The van der Waals surface area contributed by atoms with Crippen molar-refractivity contribution in [2.45, 2.75) is 24.1 Å². The molecule has 5 nitrogen and oxygen atoms in total. The Kier molecular flexibility index (Phi) is 4.57. The summed E-state index contributed by atoms with van der Waals surface area (Å²) in [7, 11) is 0. The van der Waals surface area contributed by atoms with Gasteiger partial charge in [0.25, 0.3) is 11.1 Å². The predicted octanol–water partition coefficient (Wildman–Crippen LogP) is 2.10. The van der Waals surface area contributed by atoms with Crippen LogP contribution in [0.1, 0.15) is 35.1 Å². The number of hydrogen-bond donors (Lipinski definition) is 1. The number of rotatable bonds is 5. The molecule has 2 aromatic rings. The van der Waals surface area contributed by atoms with E-state index in [4.69, 9.17) is 16.0 Å². The maximum atomic E-state index is 12.0. The van der Waals surface area contributed by atoms with Gasteiger partial charge in [0.2, 0.25) is 0 Å². The van der Waals surface area contributed by atoms with E-state index in [1.807, 2.05) is 0 Å². The van der Waals surface area contributed by atoms with E-state index in [0.29, 0.717) is 21.7 Å². The first-order chi connectivity index (χ1) is 10.2. The number of quaternary nitrogens is 1. The number of halogens is 1.